The molecule has 2 saturated carbocycles. The van der Waals surface area contributed by atoms with Crippen LogP contribution >= 0.6 is 0 Å². The van der Waals surface area contributed by atoms with Gasteiger partial charge in [0.25, 0.3) is 0 Å². The van der Waals surface area contributed by atoms with Gasteiger partial charge in [-0.1, -0.05) is 56.3 Å². The standard InChI is InChI=1S/C38H45N3O7/c1-5-15-41(16-6-2)19-20-11-12-24(23-10-8-7-9-22(20)23)25-13-14-28(42)30-26(25)17-21-18-27-32(40(3)4)34(44)31(37(39)47)36(46)38(27,48)35(45)29(21)33(30)43/h7-14,21,27,29,31-32,34,42,44,48H,5-6,15-19H2,1-4H3,(H2,39,47)/t21-,27-,29?,31?,32-,34?,38-/m1/s1. The van der Waals surface area contributed by atoms with E-state index in [1.807, 2.05) is 12.1 Å². The number of fused-ring (bicyclic) bond motifs is 4. The van der Waals surface area contributed by atoms with Gasteiger partial charge in [-0.15, -0.1) is 0 Å². The van der Waals surface area contributed by atoms with E-state index in [0.717, 1.165) is 54.4 Å². The molecule has 5 N–H and O–H groups in total. The van der Waals surface area contributed by atoms with Crippen LogP contribution in [0.1, 0.15) is 54.6 Å². The molecule has 2 fully saturated rings. The predicted octanol–water partition coefficient (Wildman–Crippen LogP) is 3.10. The number of Topliss-reactive ketones (excluding diaryl/α,β-unsaturated/α-hetero) is 3. The lowest BCUT2D eigenvalue weighted by molar-refractivity contribution is -0.190. The number of primary amides is 1. The summed E-state index contributed by atoms with van der Waals surface area (Å²) in [5, 5.41) is 36.2. The number of nitrogens with zero attached hydrogens (tertiary/aromatic N) is 2. The maximum atomic E-state index is 14.3. The van der Waals surface area contributed by atoms with Crippen molar-refractivity contribution < 1.29 is 34.5 Å². The van der Waals surface area contributed by atoms with Gasteiger partial charge in [-0.25, -0.2) is 0 Å². The Balaban J connectivity index is 1.46. The van der Waals surface area contributed by atoms with Gasteiger partial charge in [-0.2, -0.15) is 0 Å². The number of carbonyl (C=O) groups excluding carboxylic acids is 4. The highest BCUT2D eigenvalue weighted by molar-refractivity contribution is 6.25. The first-order chi connectivity index (χ1) is 22.9. The molecule has 0 heterocycles. The molecule has 3 aliphatic rings. The second-order valence-corrected chi connectivity index (χ2v) is 14.0. The van der Waals surface area contributed by atoms with Crippen molar-refractivity contribution in [2.75, 3.05) is 27.2 Å². The zero-order valence-electron chi connectivity index (χ0n) is 28.0. The Morgan fingerprint density at radius 1 is 0.938 bits per heavy atom. The summed E-state index contributed by atoms with van der Waals surface area (Å²) in [6, 6.07) is 14.6. The topological polar surface area (TPSA) is 161 Å². The highest BCUT2D eigenvalue weighted by Crippen LogP contribution is 2.52. The number of hydrogen-bond donors (Lipinski definition) is 4. The van der Waals surface area contributed by atoms with Gasteiger partial charge in [0, 0.05) is 18.5 Å². The van der Waals surface area contributed by atoms with Crippen LogP contribution in [0.3, 0.4) is 0 Å². The molecule has 10 nitrogen and oxygen atoms in total. The molecule has 1 amide bonds. The summed E-state index contributed by atoms with van der Waals surface area (Å²) in [6.45, 7) is 7.15. The van der Waals surface area contributed by atoms with Crippen molar-refractivity contribution in [1.29, 1.82) is 0 Å². The maximum absolute atomic E-state index is 14.3. The molecular formula is C38H45N3O7. The number of phenolic OH excluding ortho intramolecular Hbond substituents is 1. The number of likely N-dealkylation sites (N-methyl/N-ethyl adjacent to an activating group) is 1. The summed E-state index contributed by atoms with van der Waals surface area (Å²) in [4.78, 5) is 58.5. The fourth-order valence-corrected chi connectivity index (χ4v) is 8.95. The number of nitrogens with two attached hydrogens (primary N) is 1. The summed E-state index contributed by atoms with van der Waals surface area (Å²) in [5.41, 5.74) is 6.27. The van der Waals surface area contributed by atoms with E-state index < -0.39 is 64.7 Å². The average molecular weight is 656 g/mol. The number of rotatable bonds is 9. The van der Waals surface area contributed by atoms with E-state index in [2.05, 4.69) is 43.0 Å². The molecule has 0 aromatic heterocycles. The first-order valence-electron chi connectivity index (χ1n) is 16.9. The molecular weight excluding hydrogens is 610 g/mol. The van der Waals surface area contributed by atoms with Crippen molar-refractivity contribution in [3.8, 4) is 16.9 Å². The molecule has 3 aromatic carbocycles. The van der Waals surface area contributed by atoms with Gasteiger partial charge in [0.1, 0.15) is 11.7 Å². The zero-order valence-corrected chi connectivity index (χ0v) is 28.0. The lowest BCUT2D eigenvalue weighted by Crippen LogP contribution is -2.75. The molecule has 0 saturated heterocycles. The second-order valence-electron chi connectivity index (χ2n) is 14.0. The minimum Gasteiger partial charge on any atom is -0.507 e. The highest BCUT2D eigenvalue weighted by Gasteiger charge is 2.69. The number of ketones is 3. The summed E-state index contributed by atoms with van der Waals surface area (Å²) in [6.07, 6.45) is 0.867. The van der Waals surface area contributed by atoms with E-state index in [1.165, 1.54) is 11.6 Å². The number of aromatic hydroxyl groups is 1. The van der Waals surface area contributed by atoms with Crippen molar-refractivity contribution in [1.82, 2.24) is 9.80 Å². The van der Waals surface area contributed by atoms with Gasteiger partial charge in [0.05, 0.1) is 17.6 Å². The Hall–Kier alpha value is -3.96. The summed E-state index contributed by atoms with van der Waals surface area (Å²) in [7, 11) is 3.27. The van der Waals surface area contributed by atoms with E-state index in [-0.39, 0.29) is 24.2 Å². The minimum atomic E-state index is -2.69. The third-order valence-electron chi connectivity index (χ3n) is 11.0. The second kappa shape index (κ2) is 12.8. The summed E-state index contributed by atoms with van der Waals surface area (Å²) < 4.78 is 0. The fourth-order valence-electron chi connectivity index (χ4n) is 8.95. The van der Waals surface area contributed by atoms with E-state index in [9.17, 15) is 34.5 Å². The number of benzene rings is 3. The Labute approximate surface area is 280 Å². The van der Waals surface area contributed by atoms with Crippen LogP contribution in [0, 0.1) is 23.7 Å². The molecule has 6 rings (SSSR count). The molecule has 0 spiro atoms. The van der Waals surface area contributed by atoms with Crippen molar-refractivity contribution >= 4 is 34.0 Å². The first kappa shape index (κ1) is 33.9. The van der Waals surface area contributed by atoms with Gasteiger partial charge in [0.2, 0.25) is 5.91 Å². The third-order valence-corrected chi connectivity index (χ3v) is 11.0. The Bertz CT molecular complexity index is 1800. The molecule has 7 atom stereocenters. The lowest BCUT2D eigenvalue weighted by Gasteiger charge is -2.54. The monoisotopic (exact) mass is 655 g/mol. The maximum Gasteiger partial charge on any atom is 0.230 e. The van der Waals surface area contributed by atoms with Crippen LogP contribution in [-0.2, 0) is 27.3 Å². The van der Waals surface area contributed by atoms with E-state index in [1.54, 1.807) is 25.1 Å². The number of phenols is 1. The average Bonchev–Trinajstić information content (AvgIpc) is 3.03. The summed E-state index contributed by atoms with van der Waals surface area (Å²) >= 11 is 0. The van der Waals surface area contributed by atoms with Crippen LogP contribution in [0.15, 0.2) is 48.5 Å². The molecule has 3 unspecified atom stereocenters. The van der Waals surface area contributed by atoms with Gasteiger partial charge in [0.15, 0.2) is 23.0 Å². The number of amides is 1. The van der Waals surface area contributed by atoms with E-state index in [4.69, 9.17) is 5.73 Å². The van der Waals surface area contributed by atoms with Crippen LogP contribution < -0.4 is 5.73 Å². The Morgan fingerprint density at radius 3 is 2.21 bits per heavy atom. The lowest BCUT2D eigenvalue weighted by atomic mass is 9.52. The van der Waals surface area contributed by atoms with Crippen LogP contribution in [0.2, 0.25) is 0 Å². The normalized spacial score (nSPS) is 28.5. The number of carbonyl (C=O) groups is 4. The first-order valence-corrected chi connectivity index (χ1v) is 16.9. The Morgan fingerprint density at radius 2 is 1.58 bits per heavy atom. The fraction of sp³-hybridized carbons (Fsp3) is 0.474. The van der Waals surface area contributed by atoms with Gasteiger partial charge >= 0.3 is 0 Å². The van der Waals surface area contributed by atoms with Gasteiger partial charge < -0.3 is 26.0 Å². The minimum absolute atomic E-state index is 0.00767. The highest BCUT2D eigenvalue weighted by atomic mass is 16.3. The van der Waals surface area contributed by atoms with Crippen LogP contribution in [-0.4, -0.2) is 93.3 Å². The summed E-state index contributed by atoms with van der Waals surface area (Å²) in [5.74, 6) is -9.17. The quantitative estimate of drug-likeness (QED) is 0.254. The largest absolute Gasteiger partial charge is 0.507 e. The van der Waals surface area contributed by atoms with Gasteiger partial charge in [-0.3, -0.25) is 24.1 Å². The molecule has 3 aliphatic carbocycles. The van der Waals surface area contributed by atoms with E-state index >= 15 is 0 Å². The molecule has 0 radical (unpaired) electrons. The number of hydrogen-bond acceptors (Lipinski definition) is 9. The van der Waals surface area contributed by atoms with Crippen molar-refractivity contribution in [2.24, 2.45) is 29.4 Å². The molecule has 48 heavy (non-hydrogen) atoms. The van der Waals surface area contributed by atoms with E-state index in [0.29, 0.717) is 5.56 Å². The molecule has 0 bridgehead atoms. The molecule has 10 heteroatoms. The van der Waals surface area contributed by atoms with Crippen LogP contribution in [0.5, 0.6) is 5.75 Å². The van der Waals surface area contributed by atoms with Gasteiger partial charge in [-0.05, 0) is 97.9 Å². The smallest absolute Gasteiger partial charge is 0.230 e. The third kappa shape index (κ3) is 5.17. The molecule has 254 valence electrons. The van der Waals surface area contributed by atoms with Crippen molar-refractivity contribution in [2.45, 2.75) is 63.8 Å². The number of aliphatic hydroxyl groups is 2. The van der Waals surface area contributed by atoms with Crippen molar-refractivity contribution in [3.63, 3.8) is 0 Å². The van der Waals surface area contributed by atoms with Crippen molar-refractivity contribution in [3.05, 3.63) is 65.2 Å². The molecule has 0 aliphatic heterocycles. The predicted molar refractivity (Wildman–Crippen MR) is 181 cm³/mol. The molecule has 3 aromatic rings. The SMILES string of the molecule is CCCN(CCC)Cc1ccc(-c2ccc(O)c3c2C[C@@H]2C[C@@H]4[C@@H](N(C)C)C(O)C(C(N)=O)C(=O)[C@]4(O)C(=O)C2C3=O)c2ccccc12. The zero-order chi connectivity index (χ0) is 34.7. The van der Waals surface area contributed by atoms with Crippen LogP contribution in [0.25, 0.3) is 21.9 Å². The van der Waals surface area contributed by atoms with Crippen LogP contribution in [0.4, 0.5) is 0 Å². The number of aliphatic hydroxyl groups excluding tert-OH is 1. The Kier molecular flexibility index (Phi) is 9.06.